The third kappa shape index (κ3) is 2.69. The largest absolute Gasteiger partial charge is 0.268 e. The van der Waals surface area contributed by atoms with Crippen molar-refractivity contribution in [2.45, 2.75) is 26.3 Å². The van der Waals surface area contributed by atoms with E-state index < -0.39 is 0 Å². The van der Waals surface area contributed by atoms with Crippen LogP contribution in [0.15, 0.2) is 45.8 Å². The standard InChI is InChI=1S/C13H15BrN2O/c1-2-3-4-5-8-15-13(17)9-12-7-6-11(14)10-16(12)15/h3-4,6-7,9-10H,2,5,8H2,1H3. The first-order chi connectivity index (χ1) is 8.22. The van der Waals surface area contributed by atoms with Crippen molar-refractivity contribution >= 4 is 21.4 Å². The molecule has 2 aromatic rings. The maximum absolute atomic E-state index is 11.8. The highest BCUT2D eigenvalue weighted by Gasteiger charge is 2.03. The third-order valence-electron chi connectivity index (χ3n) is 2.62. The number of nitrogens with zero attached hydrogens (tertiary/aromatic N) is 2. The topological polar surface area (TPSA) is 26.4 Å². The predicted octanol–water partition coefficient (Wildman–Crippen LogP) is 3.22. The average molecular weight is 295 g/mol. The second-order valence-corrected chi connectivity index (χ2v) is 4.81. The van der Waals surface area contributed by atoms with Gasteiger partial charge in [-0.05, 0) is 40.9 Å². The van der Waals surface area contributed by atoms with Gasteiger partial charge in [0.05, 0.1) is 5.52 Å². The minimum absolute atomic E-state index is 0.0491. The summed E-state index contributed by atoms with van der Waals surface area (Å²) in [7, 11) is 0. The molecule has 0 aliphatic carbocycles. The Morgan fingerprint density at radius 3 is 2.94 bits per heavy atom. The van der Waals surface area contributed by atoms with Crippen molar-refractivity contribution in [2.24, 2.45) is 0 Å². The highest BCUT2D eigenvalue weighted by molar-refractivity contribution is 9.10. The van der Waals surface area contributed by atoms with Crippen molar-refractivity contribution in [3.63, 3.8) is 0 Å². The van der Waals surface area contributed by atoms with Gasteiger partial charge in [-0.1, -0.05) is 19.1 Å². The first-order valence-electron chi connectivity index (χ1n) is 5.75. The zero-order valence-corrected chi connectivity index (χ0v) is 11.4. The van der Waals surface area contributed by atoms with Crippen LogP contribution in [-0.4, -0.2) is 9.20 Å². The quantitative estimate of drug-likeness (QED) is 0.795. The van der Waals surface area contributed by atoms with Crippen molar-refractivity contribution in [3.05, 3.63) is 51.4 Å². The van der Waals surface area contributed by atoms with Crippen molar-refractivity contribution in [3.8, 4) is 0 Å². The molecule has 2 heterocycles. The SMILES string of the molecule is CCC=CCCn1c(=O)cc2ccc(Br)cn21. The molecule has 3 nitrogen and oxygen atoms in total. The van der Waals surface area contributed by atoms with Gasteiger partial charge < -0.3 is 0 Å². The number of aromatic nitrogens is 2. The molecule has 0 unspecified atom stereocenters. The lowest BCUT2D eigenvalue weighted by atomic mass is 10.3. The van der Waals surface area contributed by atoms with E-state index in [1.54, 1.807) is 10.7 Å². The second kappa shape index (κ2) is 5.36. The third-order valence-corrected chi connectivity index (χ3v) is 3.09. The Morgan fingerprint density at radius 1 is 1.35 bits per heavy atom. The lowest BCUT2D eigenvalue weighted by Crippen LogP contribution is -2.18. The molecule has 0 atom stereocenters. The zero-order chi connectivity index (χ0) is 12.3. The van der Waals surface area contributed by atoms with Crippen LogP contribution in [0.5, 0.6) is 0 Å². The lowest BCUT2D eigenvalue weighted by Gasteiger charge is -2.05. The number of aryl methyl sites for hydroxylation is 1. The molecule has 0 bridgehead atoms. The molecule has 0 N–H and O–H groups in total. The summed E-state index contributed by atoms with van der Waals surface area (Å²) in [5, 5.41) is 0. The monoisotopic (exact) mass is 294 g/mol. The molecule has 4 heteroatoms. The Labute approximate surface area is 108 Å². The summed E-state index contributed by atoms with van der Waals surface area (Å²) in [5.41, 5.74) is 0.977. The van der Waals surface area contributed by atoms with Gasteiger partial charge in [-0.3, -0.25) is 9.31 Å². The van der Waals surface area contributed by atoms with Gasteiger partial charge in [0.15, 0.2) is 0 Å². The summed E-state index contributed by atoms with van der Waals surface area (Å²) >= 11 is 3.42. The molecular weight excluding hydrogens is 280 g/mol. The number of fused-ring (bicyclic) bond motifs is 1. The fourth-order valence-electron chi connectivity index (χ4n) is 1.81. The van der Waals surface area contributed by atoms with Crippen molar-refractivity contribution < 1.29 is 0 Å². The van der Waals surface area contributed by atoms with Gasteiger partial charge in [0.2, 0.25) is 0 Å². The number of halogens is 1. The molecule has 0 aromatic carbocycles. The second-order valence-electron chi connectivity index (χ2n) is 3.89. The molecule has 0 radical (unpaired) electrons. The van der Waals surface area contributed by atoms with Gasteiger partial charge in [-0.15, -0.1) is 0 Å². The van der Waals surface area contributed by atoms with Gasteiger partial charge in [0, 0.05) is 23.3 Å². The summed E-state index contributed by atoms with van der Waals surface area (Å²) in [6.45, 7) is 2.81. The molecule has 0 amide bonds. The van der Waals surface area contributed by atoms with Crippen molar-refractivity contribution in [1.29, 1.82) is 0 Å². The van der Waals surface area contributed by atoms with Crippen LogP contribution in [0.3, 0.4) is 0 Å². The smallest absolute Gasteiger partial charge is 0.267 e. The van der Waals surface area contributed by atoms with E-state index in [-0.39, 0.29) is 5.56 Å². The maximum atomic E-state index is 11.8. The summed E-state index contributed by atoms with van der Waals surface area (Å²) in [6.07, 6.45) is 8.07. The minimum atomic E-state index is 0.0491. The first kappa shape index (κ1) is 12.2. The lowest BCUT2D eigenvalue weighted by molar-refractivity contribution is 0.567. The summed E-state index contributed by atoms with van der Waals surface area (Å²) in [6, 6.07) is 5.54. The average Bonchev–Trinajstić information content (AvgIpc) is 2.61. The van der Waals surface area contributed by atoms with E-state index in [4.69, 9.17) is 0 Å². The Hall–Kier alpha value is -1.29. The Bertz CT molecular complexity index is 595. The van der Waals surface area contributed by atoms with Crippen LogP contribution < -0.4 is 5.56 Å². The van der Waals surface area contributed by atoms with E-state index in [9.17, 15) is 4.79 Å². The van der Waals surface area contributed by atoms with E-state index in [1.165, 1.54) is 0 Å². The van der Waals surface area contributed by atoms with Crippen molar-refractivity contribution in [1.82, 2.24) is 9.20 Å². The van der Waals surface area contributed by atoms with E-state index in [1.807, 2.05) is 22.8 Å². The Morgan fingerprint density at radius 2 is 2.18 bits per heavy atom. The fourth-order valence-corrected chi connectivity index (χ4v) is 2.13. The van der Waals surface area contributed by atoms with Gasteiger partial charge >= 0.3 is 0 Å². The highest BCUT2D eigenvalue weighted by atomic mass is 79.9. The maximum Gasteiger partial charge on any atom is 0.267 e. The molecule has 0 saturated heterocycles. The molecule has 0 aliphatic heterocycles. The number of rotatable bonds is 4. The van der Waals surface area contributed by atoms with E-state index in [0.29, 0.717) is 6.54 Å². The van der Waals surface area contributed by atoms with Crippen LogP contribution in [0.1, 0.15) is 19.8 Å². The van der Waals surface area contributed by atoms with Crippen LogP contribution in [0.25, 0.3) is 5.52 Å². The highest BCUT2D eigenvalue weighted by Crippen LogP contribution is 2.11. The van der Waals surface area contributed by atoms with Gasteiger partial charge in [0.25, 0.3) is 5.56 Å². The zero-order valence-electron chi connectivity index (χ0n) is 9.77. The molecule has 17 heavy (non-hydrogen) atoms. The number of hydrogen-bond acceptors (Lipinski definition) is 1. The van der Waals surface area contributed by atoms with Crippen LogP contribution in [0.4, 0.5) is 0 Å². The van der Waals surface area contributed by atoms with Gasteiger partial charge in [-0.2, -0.15) is 0 Å². The molecule has 0 aliphatic rings. The molecule has 0 spiro atoms. The first-order valence-corrected chi connectivity index (χ1v) is 6.54. The van der Waals surface area contributed by atoms with Crippen LogP contribution in [0, 0.1) is 0 Å². The Balaban J connectivity index is 2.32. The summed E-state index contributed by atoms with van der Waals surface area (Å²) in [4.78, 5) is 11.8. The number of pyridine rings is 1. The van der Waals surface area contributed by atoms with Crippen molar-refractivity contribution in [2.75, 3.05) is 0 Å². The molecular formula is C13H15BrN2O. The molecule has 0 saturated carbocycles. The van der Waals surface area contributed by atoms with Gasteiger partial charge in [-0.25, -0.2) is 4.68 Å². The number of allylic oxidation sites excluding steroid dienone is 2. The van der Waals surface area contributed by atoms with Crippen LogP contribution in [0.2, 0.25) is 0 Å². The Kier molecular flexibility index (Phi) is 3.84. The number of hydrogen-bond donors (Lipinski definition) is 0. The molecule has 2 rings (SSSR count). The minimum Gasteiger partial charge on any atom is -0.268 e. The fraction of sp³-hybridized carbons (Fsp3) is 0.308. The molecule has 2 aromatic heterocycles. The molecule has 0 fully saturated rings. The summed E-state index contributed by atoms with van der Waals surface area (Å²) < 4.78 is 4.62. The summed E-state index contributed by atoms with van der Waals surface area (Å²) in [5.74, 6) is 0. The van der Waals surface area contributed by atoms with E-state index in [2.05, 4.69) is 35.0 Å². The van der Waals surface area contributed by atoms with Crippen LogP contribution >= 0.6 is 15.9 Å². The normalized spacial score (nSPS) is 11.6. The van der Waals surface area contributed by atoms with E-state index in [0.717, 1.165) is 22.8 Å². The van der Waals surface area contributed by atoms with Crippen LogP contribution in [-0.2, 0) is 6.54 Å². The van der Waals surface area contributed by atoms with E-state index >= 15 is 0 Å². The predicted molar refractivity (Wildman–Crippen MR) is 73.4 cm³/mol. The van der Waals surface area contributed by atoms with Gasteiger partial charge in [0.1, 0.15) is 0 Å². The molecule has 90 valence electrons.